The van der Waals surface area contributed by atoms with Crippen molar-refractivity contribution in [2.24, 2.45) is 0 Å². The number of ketones is 1. The Morgan fingerprint density at radius 3 is 2.25 bits per heavy atom. The number of aliphatic hydroxyl groups is 1. The zero-order chi connectivity index (χ0) is 5.70. The smallest absolute Gasteiger partial charge is 0.129 e. The number of carbonyl (C=O) groups is 1. The van der Waals surface area contributed by atoms with E-state index < -0.39 is 0 Å². The van der Waals surface area contributed by atoms with Crippen molar-refractivity contribution < 1.29 is 29.4 Å². The molecule has 0 radical (unpaired) electrons. The van der Waals surface area contributed by atoms with E-state index in [4.69, 9.17) is 5.11 Å². The Morgan fingerprint density at radius 1 is 1.62 bits per heavy atom. The molecule has 44 valence electrons. The van der Waals surface area contributed by atoms with Gasteiger partial charge in [0, 0.05) is 32.5 Å². The first kappa shape index (κ1) is 11.1. The Balaban J connectivity index is 0. The zero-order valence-electron chi connectivity index (χ0n) is 5.18. The number of hydrogen-bond donors (Lipinski definition) is 1. The molecule has 0 aromatic carbocycles. The van der Waals surface area contributed by atoms with Crippen molar-refractivity contribution in [1.82, 2.24) is 0 Å². The van der Waals surface area contributed by atoms with Crippen LogP contribution < -0.4 is 0 Å². The maximum atomic E-state index is 10.1. The minimum atomic E-state index is 0. The third-order valence-electron chi connectivity index (χ3n) is 0.687. The maximum Gasteiger partial charge on any atom is 0.129 e. The standard InChI is InChI=1S/C5H10O2.Zn/c1-5(7)3-2-4-6;/h6H,2-4H2,1H3;. The molecule has 0 unspecified atom stereocenters. The summed E-state index contributed by atoms with van der Waals surface area (Å²) in [6.07, 6.45) is 1.12. The molecular weight excluding hydrogens is 157 g/mol. The van der Waals surface area contributed by atoms with Crippen molar-refractivity contribution >= 4 is 5.78 Å². The van der Waals surface area contributed by atoms with Gasteiger partial charge in [0.2, 0.25) is 0 Å². The topological polar surface area (TPSA) is 37.3 Å². The van der Waals surface area contributed by atoms with E-state index in [0.29, 0.717) is 12.8 Å². The van der Waals surface area contributed by atoms with Crippen LogP contribution in [0, 0.1) is 0 Å². The molecule has 0 bridgehead atoms. The van der Waals surface area contributed by atoms with E-state index in [1.165, 1.54) is 6.92 Å². The van der Waals surface area contributed by atoms with Gasteiger partial charge in [-0.25, -0.2) is 0 Å². The molecule has 0 fully saturated rings. The van der Waals surface area contributed by atoms with Gasteiger partial charge in [0.25, 0.3) is 0 Å². The van der Waals surface area contributed by atoms with Crippen LogP contribution in [0.2, 0.25) is 0 Å². The number of carbonyl (C=O) groups excluding carboxylic acids is 1. The molecule has 0 aromatic heterocycles. The monoisotopic (exact) mass is 166 g/mol. The van der Waals surface area contributed by atoms with E-state index in [9.17, 15) is 4.79 Å². The first-order valence-electron chi connectivity index (χ1n) is 2.37. The summed E-state index contributed by atoms with van der Waals surface area (Å²) in [5.41, 5.74) is 0. The van der Waals surface area contributed by atoms with Crippen molar-refractivity contribution in [2.45, 2.75) is 19.8 Å². The third kappa shape index (κ3) is 9.54. The molecule has 0 rings (SSSR count). The van der Waals surface area contributed by atoms with Crippen molar-refractivity contribution in [3.05, 3.63) is 0 Å². The molecule has 0 heterocycles. The molecule has 3 heteroatoms. The summed E-state index contributed by atoms with van der Waals surface area (Å²) in [5.74, 6) is 0.147. The van der Waals surface area contributed by atoms with Gasteiger partial charge in [-0.3, -0.25) is 0 Å². The van der Waals surface area contributed by atoms with Crippen molar-refractivity contribution in [1.29, 1.82) is 0 Å². The number of Topliss-reactive ketones (excluding diaryl/α,β-unsaturated/α-hetero) is 1. The van der Waals surface area contributed by atoms with Gasteiger partial charge in [0.15, 0.2) is 0 Å². The van der Waals surface area contributed by atoms with Crippen LogP contribution in [0.1, 0.15) is 19.8 Å². The number of aliphatic hydroxyl groups excluding tert-OH is 1. The summed E-state index contributed by atoms with van der Waals surface area (Å²) in [6, 6.07) is 0. The van der Waals surface area contributed by atoms with Gasteiger partial charge in [0.1, 0.15) is 5.78 Å². The molecule has 0 amide bonds. The SMILES string of the molecule is CC(=O)CCCO.[Zn]. The molecule has 0 spiro atoms. The van der Waals surface area contributed by atoms with Gasteiger partial charge in [-0.2, -0.15) is 0 Å². The summed E-state index contributed by atoms with van der Waals surface area (Å²) in [7, 11) is 0. The molecular formula is C5H10O2Zn. The molecule has 0 atom stereocenters. The van der Waals surface area contributed by atoms with E-state index in [1.807, 2.05) is 0 Å². The Kier molecular flexibility index (Phi) is 10.1. The van der Waals surface area contributed by atoms with E-state index in [-0.39, 0.29) is 31.9 Å². The number of rotatable bonds is 3. The summed E-state index contributed by atoms with van der Waals surface area (Å²) < 4.78 is 0. The van der Waals surface area contributed by atoms with Crippen LogP contribution in [0.15, 0.2) is 0 Å². The molecule has 0 aliphatic carbocycles. The fourth-order valence-corrected chi connectivity index (χ4v) is 0.328. The predicted octanol–water partition coefficient (Wildman–Crippen LogP) is 0.345. The first-order valence-corrected chi connectivity index (χ1v) is 2.37. The van der Waals surface area contributed by atoms with Gasteiger partial charge in [0.05, 0.1) is 0 Å². The average Bonchev–Trinajstić information content (AvgIpc) is 1.61. The predicted molar refractivity (Wildman–Crippen MR) is 27.0 cm³/mol. The molecule has 1 N–H and O–H groups in total. The second-order valence-corrected chi connectivity index (χ2v) is 1.53. The Bertz CT molecular complexity index is 63.4. The molecule has 2 nitrogen and oxygen atoms in total. The van der Waals surface area contributed by atoms with E-state index in [2.05, 4.69) is 0 Å². The van der Waals surface area contributed by atoms with E-state index in [0.717, 1.165) is 0 Å². The Morgan fingerprint density at radius 2 is 2.12 bits per heavy atom. The van der Waals surface area contributed by atoms with E-state index in [1.54, 1.807) is 0 Å². The largest absolute Gasteiger partial charge is 0.396 e. The molecule has 8 heavy (non-hydrogen) atoms. The van der Waals surface area contributed by atoms with Crippen LogP contribution in [0.5, 0.6) is 0 Å². The maximum absolute atomic E-state index is 10.1. The average molecular weight is 168 g/mol. The first-order chi connectivity index (χ1) is 3.27. The van der Waals surface area contributed by atoms with Crippen LogP contribution in [-0.4, -0.2) is 17.5 Å². The fourth-order valence-electron chi connectivity index (χ4n) is 0.328. The number of hydrogen-bond acceptors (Lipinski definition) is 2. The van der Waals surface area contributed by atoms with Crippen LogP contribution in [-0.2, 0) is 24.3 Å². The third-order valence-corrected chi connectivity index (χ3v) is 0.687. The summed E-state index contributed by atoms with van der Waals surface area (Å²) >= 11 is 0. The zero-order valence-corrected chi connectivity index (χ0v) is 8.15. The van der Waals surface area contributed by atoms with Gasteiger partial charge < -0.3 is 9.90 Å². The molecule has 0 saturated heterocycles. The summed E-state index contributed by atoms with van der Waals surface area (Å²) in [5, 5.41) is 8.16. The van der Waals surface area contributed by atoms with Gasteiger partial charge in [-0.1, -0.05) is 0 Å². The summed E-state index contributed by atoms with van der Waals surface area (Å²) in [4.78, 5) is 10.1. The van der Waals surface area contributed by atoms with Crippen LogP contribution in [0.4, 0.5) is 0 Å². The minimum Gasteiger partial charge on any atom is -0.396 e. The molecule has 0 aliphatic heterocycles. The fraction of sp³-hybridized carbons (Fsp3) is 0.800. The molecule has 0 aromatic rings. The van der Waals surface area contributed by atoms with Crippen LogP contribution in [0.25, 0.3) is 0 Å². The minimum absolute atomic E-state index is 0. The van der Waals surface area contributed by atoms with Gasteiger partial charge in [-0.05, 0) is 13.3 Å². The summed E-state index contributed by atoms with van der Waals surface area (Å²) in [6.45, 7) is 1.65. The molecule has 0 aliphatic rings. The second kappa shape index (κ2) is 7.25. The van der Waals surface area contributed by atoms with Gasteiger partial charge >= 0.3 is 0 Å². The van der Waals surface area contributed by atoms with Crippen molar-refractivity contribution in [3.63, 3.8) is 0 Å². The second-order valence-electron chi connectivity index (χ2n) is 1.53. The van der Waals surface area contributed by atoms with Crippen LogP contribution in [0.3, 0.4) is 0 Å². The van der Waals surface area contributed by atoms with E-state index >= 15 is 0 Å². The Labute approximate surface area is 62.0 Å². The van der Waals surface area contributed by atoms with Crippen LogP contribution >= 0.6 is 0 Å². The van der Waals surface area contributed by atoms with Gasteiger partial charge in [-0.15, -0.1) is 0 Å². The quantitative estimate of drug-likeness (QED) is 0.616. The normalized spacial score (nSPS) is 7.75. The molecule has 0 saturated carbocycles. The van der Waals surface area contributed by atoms with Crippen molar-refractivity contribution in [2.75, 3.05) is 6.61 Å². The Hall–Kier alpha value is 0.253. The van der Waals surface area contributed by atoms with Crippen molar-refractivity contribution in [3.8, 4) is 0 Å².